The van der Waals surface area contributed by atoms with E-state index in [0.717, 1.165) is 23.5 Å². The van der Waals surface area contributed by atoms with Gasteiger partial charge in [0.1, 0.15) is 6.04 Å². The van der Waals surface area contributed by atoms with Crippen LogP contribution in [-0.4, -0.2) is 42.4 Å². The molecule has 1 aliphatic rings. The second-order valence-corrected chi connectivity index (χ2v) is 6.29. The molecular formula is C18H20N6O. The van der Waals surface area contributed by atoms with Crippen molar-refractivity contribution >= 4 is 5.91 Å². The SMILES string of the molecule is CCn1cc(-c2nnc3n2[C@H](Cc2ccccc2)C(=O)N(C)C3)cn1. The Hall–Kier alpha value is -2.96. The van der Waals surface area contributed by atoms with E-state index in [1.807, 2.05) is 59.7 Å². The number of carbonyl (C=O) groups is 1. The highest BCUT2D eigenvalue weighted by atomic mass is 16.2. The van der Waals surface area contributed by atoms with E-state index >= 15 is 0 Å². The second-order valence-electron chi connectivity index (χ2n) is 6.29. The first-order chi connectivity index (χ1) is 12.2. The molecule has 0 bridgehead atoms. The van der Waals surface area contributed by atoms with Crippen molar-refractivity contribution in [2.24, 2.45) is 0 Å². The van der Waals surface area contributed by atoms with E-state index in [-0.39, 0.29) is 11.9 Å². The number of benzene rings is 1. The van der Waals surface area contributed by atoms with Crippen LogP contribution in [0.1, 0.15) is 24.4 Å². The van der Waals surface area contributed by atoms with Gasteiger partial charge in [-0.2, -0.15) is 5.10 Å². The van der Waals surface area contributed by atoms with Crippen molar-refractivity contribution < 1.29 is 4.79 Å². The first kappa shape index (κ1) is 15.6. The number of likely N-dealkylation sites (N-methyl/N-ethyl adjacent to an activating group) is 1. The van der Waals surface area contributed by atoms with Crippen LogP contribution in [0.2, 0.25) is 0 Å². The van der Waals surface area contributed by atoms with Crippen molar-refractivity contribution in [3.63, 3.8) is 0 Å². The molecule has 7 heteroatoms. The Balaban J connectivity index is 1.78. The molecule has 1 atom stereocenters. The summed E-state index contributed by atoms with van der Waals surface area (Å²) in [5.41, 5.74) is 2.00. The topological polar surface area (TPSA) is 68.8 Å². The predicted octanol–water partition coefficient (Wildman–Crippen LogP) is 1.92. The minimum absolute atomic E-state index is 0.0836. The van der Waals surface area contributed by atoms with E-state index in [1.54, 1.807) is 11.1 Å². The lowest BCUT2D eigenvalue weighted by Crippen LogP contribution is -2.41. The van der Waals surface area contributed by atoms with Crippen molar-refractivity contribution in [1.82, 2.24) is 29.4 Å². The highest BCUT2D eigenvalue weighted by Crippen LogP contribution is 2.30. The molecule has 0 aliphatic carbocycles. The van der Waals surface area contributed by atoms with E-state index in [0.29, 0.717) is 18.8 Å². The molecule has 2 aromatic heterocycles. The quantitative estimate of drug-likeness (QED) is 0.730. The highest BCUT2D eigenvalue weighted by molar-refractivity contribution is 5.82. The maximum atomic E-state index is 12.9. The summed E-state index contributed by atoms with van der Waals surface area (Å²) in [7, 11) is 1.81. The number of hydrogen-bond donors (Lipinski definition) is 0. The number of carbonyl (C=O) groups excluding carboxylic acids is 1. The summed E-state index contributed by atoms with van der Waals surface area (Å²) in [5, 5.41) is 13.0. The molecule has 0 radical (unpaired) electrons. The number of amides is 1. The fourth-order valence-electron chi connectivity index (χ4n) is 3.28. The van der Waals surface area contributed by atoms with Gasteiger partial charge in [-0.15, -0.1) is 10.2 Å². The zero-order valence-electron chi connectivity index (χ0n) is 14.3. The Morgan fingerprint density at radius 1 is 1.20 bits per heavy atom. The van der Waals surface area contributed by atoms with Gasteiger partial charge in [0.2, 0.25) is 5.91 Å². The van der Waals surface area contributed by atoms with Gasteiger partial charge in [-0.05, 0) is 12.5 Å². The van der Waals surface area contributed by atoms with Gasteiger partial charge in [-0.3, -0.25) is 14.0 Å². The van der Waals surface area contributed by atoms with Crippen LogP contribution in [-0.2, 0) is 24.3 Å². The Morgan fingerprint density at radius 2 is 2.00 bits per heavy atom. The monoisotopic (exact) mass is 336 g/mol. The molecule has 25 heavy (non-hydrogen) atoms. The molecule has 3 aromatic rings. The molecule has 3 heterocycles. The Bertz CT molecular complexity index is 897. The molecule has 128 valence electrons. The predicted molar refractivity (Wildman–Crippen MR) is 92.6 cm³/mol. The first-order valence-electron chi connectivity index (χ1n) is 8.43. The number of rotatable bonds is 4. The van der Waals surface area contributed by atoms with Crippen molar-refractivity contribution in [3.05, 3.63) is 54.1 Å². The van der Waals surface area contributed by atoms with Gasteiger partial charge in [0.15, 0.2) is 11.6 Å². The van der Waals surface area contributed by atoms with Gasteiger partial charge in [0.25, 0.3) is 0 Å². The Kier molecular flexibility index (Phi) is 3.83. The summed E-state index contributed by atoms with van der Waals surface area (Å²) >= 11 is 0. The molecule has 0 fully saturated rings. The van der Waals surface area contributed by atoms with Gasteiger partial charge in [-0.1, -0.05) is 30.3 Å². The summed E-state index contributed by atoms with van der Waals surface area (Å²) in [6.45, 7) is 3.29. The standard InChI is InChI=1S/C18H20N6O/c1-3-23-11-14(10-19-23)17-21-20-16-12-22(2)18(25)15(24(16)17)9-13-7-5-4-6-8-13/h4-8,10-11,15H,3,9,12H2,1-2H3/t15-/m1/s1. The average Bonchev–Trinajstić information content (AvgIpc) is 3.26. The van der Waals surface area contributed by atoms with Gasteiger partial charge in [0, 0.05) is 26.2 Å². The normalized spacial score (nSPS) is 17.0. The van der Waals surface area contributed by atoms with Gasteiger partial charge >= 0.3 is 0 Å². The number of hydrogen-bond acceptors (Lipinski definition) is 4. The molecule has 1 amide bonds. The summed E-state index contributed by atoms with van der Waals surface area (Å²) in [4.78, 5) is 14.6. The van der Waals surface area contributed by atoms with Crippen LogP contribution in [0, 0.1) is 0 Å². The molecule has 0 unspecified atom stereocenters. The summed E-state index contributed by atoms with van der Waals surface area (Å²) in [6.07, 6.45) is 4.34. The molecular weight excluding hydrogens is 316 g/mol. The lowest BCUT2D eigenvalue weighted by molar-refractivity contribution is -0.135. The number of nitrogens with zero attached hydrogens (tertiary/aromatic N) is 6. The zero-order chi connectivity index (χ0) is 17.4. The van der Waals surface area contributed by atoms with Crippen LogP contribution in [0.15, 0.2) is 42.7 Å². The van der Waals surface area contributed by atoms with E-state index in [2.05, 4.69) is 15.3 Å². The van der Waals surface area contributed by atoms with Crippen LogP contribution in [0.3, 0.4) is 0 Å². The van der Waals surface area contributed by atoms with Crippen LogP contribution < -0.4 is 0 Å². The molecule has 1 aliphatic heterocycles. The highest BCUT2D eigenvalue weighted by Gasteiger charge is 2.35. The number of fused-ring (bicyclic) bond motifs is 1. The molecule has 0 spiro atoms. The molecule has 0 saturated heterocycles. The Morgan fingerprint density at radius 3 is 2.72 bits per heavy atom. The van der Waals surface area contributed by atoms with Crippen LogP contribution in [0.4, 0.5) is 0 Å². The number of aromatic nitrogens is 5. The van der Waals surface area contributed by atoms with Crippen molar-refractivity contribution in [2.75, 3.05) is 7.05 Å². The van der Waals surface area contributed by atoms with E-state index in [4.69, 9.17) is 0 Å². The lowest BCUT2D eigenvalue weighted by Gasteiger charge is -2.31. The third-order valence-electron chi connectivity index (χ3n) is 4.61. The third kappa shape index (κ3) is 2.71. The largest absolute Gasteiger partial charge is 0.336 e. The third-order valence-corrected chi connectivity index (χ3v) is 4.61. The molecule has 4 rings (SSSR count). The Labute approximate surface area is 145 Å². The van der Waals surface area contributed by atoms with Gasteiger partial charge in [-0.25, -0.2) is 0 Å². The van der Waals surface area contributed by atoms with Crippen LogP contribution in [0.25, 0.3) is 11.4 Å². The first-order valence-corrected chi connectivity index (χ1v) is 8.43. The lowest BCUT2D eigenvalue weighted by atomic mass is 10.0. The van der Waals surface area contributed by atoms with Gasteiger partial charge < -0.3 is 4.90 Å². The van der Waals surface area contributed by atoms with E-state index in [9.17, 15) is 4.79 Å². The maximum Gasteiger partial charge on any atom is 0.246 e. The van der Waals surface area contributed by atoms with Crippen molar-refractivity contribution in [3.8, 4) is 11.4 Å². The summed E-state index contributed by atoms with van der Waals surface area (Å²) < 4.78 is 3.83. The van der Waals surface area contributed by atoms with Crippen molar-refractivity contribution in [2.45, 2.75) is 32.5 Å². The fourth-order valence-corrected chi connectivity index (χ4v) is 3.28. The summed E-state index contributed by atoms with van der Waals surface area (Å²) in [5.74, 6) is 1.60. The zero-order valence-corrected chi connectivity index (χ0v) is 14.3. The van der Waals surface area contributed by atoms with E-state index in [1.165, 1.54) is 0 Å². The van der Waals surface area contributed by atoms with Gasteiger partial charge in [0.05, 0.1) is 18.3 Å². The van der Waals surface area contributed by atoms with Crippen LogP contribution >= 0.6 is 0 Å². The molecule has 0 N–H and O–H groups in total. The molecule has 7 nitrogen and oxygen atoms in total. The van der Waals surface area contributed by atoms with Crippen LogP contribution in [0.5, 0.6) is 0 Å². The molecule has 1 aromatic carbocycles. The van der Waals surface area contributed by atoms with E-state index < -0.39 is 0 Å². The smallest absolute Gasteiger partial charge is 0.246 e. The minimum atomic E-state index is -0.342. The minimum Gasteiger partial charge on any atom is -0.336 e. The second kappa shape index (κ2) is 6.16. The maximum absolute atomic E-state index is 12.9. The summed E-state index contributed by atoms with van der Waals surface area (Å²) in [6, 6.07) is 9.71. The van der Waals surface area contributed by atoms with Crippen molar-refractivity contribution in [1.29, 1.82) is 0 Å². The fraction of sp³-hybridized carbons (Fsp3) is 0.333. The number of aryl methyl sites for hydroxylation is 1. The average molecular weight is 336 g/mol. The molecule has 0 saturated carbocycles.